The molecule has 77 valence electrons. The predicted molar refractivity (Wildman–Crippen MR) is 64.3 cm³/mol. The molecule has 2 rings (SSSR count). The summed E-state index contributed by atoms with van der Waals surface area (Å²) in [6, 6.07) is 6.76. The fraction of sp³-hybridized carbons (Fsp3) is 0. The molecule has 0 spiro atoms. The quantitative estimate of drug-likeness (QED) is 0.617. The maximum absolute atomic E-state index is 5.64. The third-order valence-corrected chi connectivity index (χ3v) is 2.08. The molecule has 2 aromatic heterocycles. The maximum atomic E-state index is 5.64. The number of ether oxygens (including phenoxy) is 1. The molecule has 0 saturated heterocycles. The van der Waals surface area contributed by atoms with E-state index in [9.17, 15) is 0 Å². The van der Waals surface area contributed by atoms with E-state index in [-0.39, 0.29) is 29.6 Å². The number of hydrogen-bond acceptors (Lipinski definition) is 3. The van der Waals surface area contributed by atoms with Gasteiger partial charge < -0.3 is 4.74 Å². The summed E-state index contributed by atoms with van der Waals surface area (Å²) < 4.78 is 5.45. The van der Waals surface area contributed by atoms with Gasteiger partial charge in [0.2, 0.25) is 0 Å². The first-order valence-corrected chi connectivity index (χ1v) is 4.90. The van der Waals surface area contributed by atoms with Gasteiger partial charge in [0.05, 0.1) is 12.4 Å². The molecular formula is C10H6Cl2N2NaO. The largest absolute Gasteiger partial charge is 0.454 e. The molecule has 0 saturated carbocycles. The molecule has 0 atom stereocenters. The number of pyridine rings is 2. The summed E-state index contributed by atoms with van der Waals surface area (Å²) >= 11 is 11.3. The van der Waals surface area contributed by atoms with Crippen molar-refractivity contribution in [3.8, 4) is 11.5 Å². The van der Waals surface area contributed by atoms with Gasteiger partial charge >= 0.3 is 0 Å². The van der Waals surface area contributed by atoms with Crippen molar-refractivity contribution in [3.63, 3.8) is 0 Å². The first-order chi connectivity index (χ1) is 7.24. The van der Waals surface area contributed by atoms with Gasteiger partial charge in [-0.05, 0) is 24.3 Å². The molecule has 6 heteroatoms. The number of hydrogen-bond donors (Lipinski definition) is 0. The van der Waals surface area contributed by atoms with Gasteiger partial charge in [-0.2, -0.15) is 0 Å². The van der Waals surface area contributed by atoms with Crippen LogP contribution < -0.4 is 4.74 Å². The molecule has 16 heavy (non-hydrogen) atoms. The van der Waals surface area contributed by atoms with Gasteiger partial charge in [-0.25, -0.2) is 9.97 Å². The minimum atomic E-state index is 0. The van der Waals surface area contributed by atoms with Crippen LogP contribution in [0.5, 0.6) is 11.5 Å². The minimum Gasteiger partial charge on any atom is -0.454 e. The van der Waals surface area contributed by atoms with Crippen LogP contribution in [-0.2, 0) is 0 Å². The first kappa shape index (κ1) is 13.7. The van der Waals surface area contributed by atoms with Crippen LogP contribution in [0.25, 0.3) is 0 Å². The monoisotopic (exact) mass is 263 g/mol. The Bertz CT molecular complexity index is 404. The van der Waals surface area contributed by atoms with E-state index >= 15 is 0 Å². The van der Waals surface area contributed by atoms with E-state index in [0.29, 0.717) is 21.8 Å². The third-order valence-electron chi connectivity index (χ3n) is 1.64. The van der Waals surface area contributed by atoms with Crippen LogP contribution in [0.4, 0.5) is 0 Å². The zero-order valence-corrected chi connectivity index (χ0v) is 12.0. The Morgan fingerprint density at radius 2 is 1.25 bits per heavy atom. The normalized spacial score (nSPS) is 9.38. The molecule has 0 unspecified atom stereocenters. The molecule has 3 nitrogen and oxygen atoms in total. The van der Waals surface area contributed by atoms with E-state index in [4.69, 9.17) is 27.9 Å². The molecule has 1 radical (unpaired) electrons. The van der Waals surface area contributed by atoms with Crippen LogP contribution in [0.3, 0.4) is 0 Å². The topological polar surface area (TPSA) is 35.0 Å². The molecule has 2 aromatic rings. The Hall–Kier alpha value is -0.320. The van der Waals surface area contributed by atoms with E-state index in [1.54, 1.807) is 24.3 Å². The van der Waals surface area contributed by atoms with Crippen molar-refractivity contribution in [2.45, 2.75) is 0 Å². The summed E-state index contributed by atoms with van der Waals surface area (Å²) in [4.78, 5) is 7.77. The predicted octanol–water partition coefficient (Wildman–Crippen LogP) is 3.19. The van der Waals surface area contributed by atoms with Crippen LogP contribution in [0.2, 0.25) is 10.3 Å². The van der Waals surface area contributed by atoms with Crippen molar-refractivity contribution in [3.05, 3.63) is 47.0 Å². The third kappa shape index (κ3) is 3.92. The van der Waals surface area contributed by atoms with Gasteiger partial charge in [0, 0.05) is 29.6 Å². The Morgan fingerprint density at radius 3 is 1.56 bits per heavy atom. The summed E-state index contributed by atoms with van der Waals surface area (Å²) in [6.07, 6.45) is 3.08. The summed E-state index contributed by atoms with van der Waals surface area (Å²) in [7, 11) is 0. The molecule has 2 heterocycles. The van der Waals surface area contributed by atoms with E-state index in [1.165, 1.54) is 12.4 Å². The fourth-order valence-electron chi connectivity index (χ4n) is 0.981. The Balaban J connectivity index is 0.00000128. The van der Waals surface area contributed by atoms with Crippen molar-refractivity contribution in [2.24, 2.45) is 0 Å². The Kier molecular flexibility index (Phi) is 5.52. The molecule has 0 aromatic carbocycles. The van der Waals surface area contributed by atoms with E-state index in [2.05, 4.69) is 9.97 Å². The van der Waals surface area contributed by atoms with Crippen LogP contribution in [0.15, 0.2) is 36.7 Å². The van der Waals surface area contributed by atoms with Crippen molar-refractivity contribution < 1.29 is 4.74 Å². The Labute approximate surface area is 125 Å². The van der Waals surface area contributed by atoms with Gasteiger partial charge in [-0.1, -0.05) is 23.2 Å². The number of nitrogens with zero attached hydrogens (tertiary/aromatic N) is 2. The average molecular weight is 264 g/mol. The second kappa shape index (κ2) is 6.42. The molecular weight excluding hydrogens is 258 g/mol. The first-order valence-electron chi connectivity index (χ1n) is 4.15. The second-order valence-corrected chi connectivity index (χ2v) is 3.51. The van der Waals surface area contributed by atoms with E-state index < -0.39 is 0 Å². The summed E-state index contributed by atoms with van der Waals surface area (Å²) in [5.41, 5.74) is 0. The van der Waals surface area contributed by atoms with Gasteiger partial charge in [0.15, 0.2) is 0 Å². The van der Waals surface area contributed by atoms with Gasteiger partial charge in [-0.3, -0.25) is 0 Å². The minimum absolute atomic E-state index is 0. The number of halogens is 2. The number of rotatable bonds is 2. The molecule has 0 aliphatic carbocycles. The maximum Gasteiger partial charge on any atom is 0.145 e. The van der Waals surface area contributed by atoms with Crippen molar-refractivity contribution in [1.29, 1.82) is 0 Å². The average Bonchev–Trinajstić information content (AvgIpc) is 2.25. The molecule has 0 aliphatic heterocycles. The Morgan fingerprint density at radius 1 is 0.812 bits per heavy atom. The molecule has 0 fully saturated rings. The zero-order valence-electron chi connectivity index (χ0n) is 8.52. The van der Waals surface area contributed by atoms with E-state index in [1.807, 2.05) is 0 Å². The standard InChI is InChI=1S/C10H6Cl2N2O.Na/c11-9-3-1-7(5-13-9)15-8-2-4-10(12)14-6-8;/h1-6H;. The molecule has 0 amide bonds. The summed E-state index contributed by atoms with van der Waals surface area (Å²) in [5.74, 6) is 1.20. The van der Waals surface area contributed by atoms with Crippen LogP contribution >= 0.6 is 23.2 Å². The van der Waals surface area contributed by atoms with Crippen LogP contribution in [0, 0.1) is 0 Å². The van der Waals surface area contributed by atoms with Crippen molar-refractivity contribution in [1.82, 2.24) is 9.97 Å². The molecule has 0 aliphatic rings. The smallest absolute Gasteiger partial charge is 0.145 e. The van der Waals surface area contributed by atoms with Crippen molar-refractivity contribution >= 4 is 52.8 Å². The molecule has 0 bridgehead atoms. The zero-order chi connectivity index (χ0) is 10.7. The van der Waals surface area contributed by atoms with Gasteiger partial charge in [0.1, 0.15) is 21.8 Å². The summed E-state index contributed by atoms with van der Waals surface area (Å²) in [6.45, 7) is 0. The van der Waals surface area contributed by atoms with Crippen LogP contribution in [0.1, 0.15) is 0 Å². The molecule has 0 N–H and O–H groups in total. The number of aromatic nitrogens is 2. The van der Waals surface area contributed by atoms with Crippen molar-refractivity contribution in [2.75, 3.05) is 0 Å². The SMILES string of the molecule is Clc1ccc(Oc2ccc(Cl)nc2)cn1.[Na]. The van der Waals surface area contributed by atoms with Gasteiger partial charge in [0.25, 0.3) is 0 Å². The summed E-state index contributed by atoms with van der Waals surface area (Å²) in [5, 5.41) is 0.855. The van der Waals surface area contributed by atoms with Crippen LogP contribution in [-0.4, -0.2) is 39.5 Å². The van der Waals surface area contributed by atoms with Gasteiger partial charge in [-0.15, -0.1) is 0 Å². The van der Waals surface area contributed by atoms with E-state index in [0.717, 1.165) is 0 Å². The second-order valence-electron chi connectivity index (χ2n) is 2.74. The fourth-order valence-corrected chi connectivity index (χ4v) is 1.20.